The minimum absolute atomic E-state index is 0.0938. The van der Waals surface area contributed by atoms with Crippen LogP contribution in [0.3, 0.4) is 0 Å². The van der Waals surface area contributed by atoms with Gasteiger partial charge in [-0.05, 0) is 62.8 Å². The molecule has 2 aliphatic heterocycles. The van der Waals surface area contributed by atoms with Crippen LogP contribution >= 0.6 is 0 Å². The van der Waals surface area contributed by atoms with Crippen molar-refractivity contribution in [2.75, 3.05) is 52.9 Å². The van der Waals surface area contributed by atoms with Gasteiger partial charge in [-0.25, -0.2) is 0 Å². The lowest BCUT2D eigenvalue weighted by Crippen LogP contribution is -2.46. The number of rotatable bonds is 9. The van der Waals surface area contributed by atoms with Crippen LogP contribution in [0.15, 0.2) is 24.3 Å². The lowest BCUT2D eigenvalue weighted by molar-refractivity contribution is -0.138. The van der Waals surface area contributed by atoms with E-state index in [9.17, 15) is 9.59 Å². The normalized spacial score (nSPS) is 20.1. The molecule has 2 saturated heterocycles. The zero-order valence-electron chi connectivity index (χ0n) is 17.9. The monoisotopic (exact) mass is 401 g/mol. The van der Waals surface area contributed by atoms with Gasteiger partial charge in [-0.1, -0.05) is 12.1 Å². The first kappa shape index (κ1) is 21.6. The zero-order chi connectivity index (χ0) is 20.6. The molecule has 2 heterocycles. The van der Waals surface area contributed by atoms with Crippen LogP contribution in [0.4, 0.5) is 0 Å². The number of carbonyl (C=O) groups is 2. The minimum Gasteiger partial charge on any atom is -0.497 e. The number of piperidine rings is 1. The summed E-state index contributed by atoms with van der Waals surface area (Å²) >= 11 is 0. The number of amides is 2. The van der Waals surface area contributed by atoms with Gasteiger partial charge in [-0.15, -0.1) is 0 Å². The van der Waals surface area contributed by atoms with Gasteiger partial charge in [0.2, 0.25) is 11.8 Å². The lowest BCUT2D eigenvalue weighted by Gasteiger charge is -2.36. The van der Waals surface area contributed by atoms with Crippen molar-refractivity contribution in [3.63, 3.8) is 0 Å². The second-order valence-corrected chi connectivity index (χ2v) is 8.26. The molecular formula is C23H35N3O3. The minimum atomic E-state index is 0.0938. The van der Waals surface area contributed by atoms with Crippen LogP contribution in [-0.4, -0.2) is 79.4 Å². The van der Waals surface area contributed by atoms with Crippen LogP contribution in [0.1, 0.15) is 38.2 Å². The van der Waals surface area contributed by atoms with Gasteiger partial charge >= 0.3 is 0 Å². The van der Waals surface area contributed by atoms with Crippen LogP contribution in [-0.2, 0) is 16.0 Å². The first-order valence-electron chi connectivity index (χ1n) is 11.0. The van der Waals surface area contributed by atoms with Gasteiger partial charge in [0.25, 0.3) is 0 Å². The highest BCUT2D eigenvalue weighted by atomic mass is 16.5. The van der Waals surface area contributed by atoms with Crippen LogP contribution in [0.2, 0.25) is 0 Å². The van der Waals surface area contributed by atoms with E-state index >= 15 is 0 Å². The molecule has 2 fully saturated rings. The third-order valence-corrected chi connectivity index (χ3v) is 6.16. The Balaban J connectivity index is 1.47. The largest absolute Gasteiger partial charge is 0.497 e. The van der Waals surface area contributed by atoms with Crippen LogP contribution < -0.4 is 4.74 Å². The summed E-state index contributed by atoms with van der Waals surface area (Å²) in [6.07, 6.45) is 4.83. The summed E-state index contributed by atoms with van der Waals surface area (Å²) in [6, 6.07) is 8.29. The molecule has 0 aromatic heterocycles. The predicted molar refractivity (Wildman–Crippen MR) is 114 cm³/mol. The van der Waals surface area contributed by atoms with Gasteiger partial charge in [0, 0.05) is 39.1 Å². The Kier molecular flexibility index (Phi) is 7.92. The molecule has 0 N–H and O–H groups in total. The fourth-order valence-electron chi connectivity index (χ4n) is 4.47. The number of likely N-dealkylation sites (tertiary alicyclic amines) is 2. The number of ether oxygens (including phenoxy) is 1. The second-order valence-electron chi connectivity index (χ2n) is 8.26. The summed E-state index contributed by atoms with van der Waals surface area (Å²) in [7, 11) is 1.70. The van der Waals surface area contributed by atoms with Crippen molar-refractivity contribution in [1.29, 1.82) is 0 Å². The van der Waals surface area contributed by atoms with Gasteiger partial charge in [-0.2, -0.15) is 0 Å². The van der Waals surface area contributed by atoms with Crippen molar-refractivity contribution in [2.45, 2.75) is 39.0 Å². The van der Waals surface area contributed by atoms with Crippen molar-refractivity contribution in [2.24, 2.45) is 5.92 Å². The molecule has 160 valence electrons. The molecule has 1 aromatic rings. The van der Waals surface area contributed by atoms with E-state index < -0.39 is 0 Å². The molecule has 2 aliphatic rings. The standard InChI is InChI=1S/C23H35N3O3/c1-3-25(23(28)18-26-13-6-10-22(26)27)17-20-8-5-12-24(16-20)14-11-19-7-4-9-21(15-19)29-2/h4,7,9,15,20H,3,5-6,8,10-14,16-18H2,1-2H3/t20-/m0/s1. The Morgan fingerprint density at radius 2 is 2.14 bits per heavy atom. The average molecular weight is 402 g/mol. The number of hydrogen-bond acceptors (Lipinski definition) is 4. The van der Waals surface area contributed by atoms with E-state index in [0.717, 1.165) is 51.3 Å². The van der Waals surface area contributed by atoms with E-state index in [1.54, 1.807) is 12.0 Å². The Labute approximate surface area is 174 Å². The highest BCUT2D eigenvalue weighted by Gasteiger charge is 2.27. The van der Waals surface area contributed by atoms with E-state index in [1.807, 2.05) is 24.0 Å². The molecule has 1 atom stereocenters. The van der Waals surface area contributed by atoms with Gasteiger partial charge in [0.1, 0.15) is 5.75 Å². The van der Waals surface area contributed by atoms with Gasteiger partial charge in [0.15, 0.2) is 0 Å². The molecule has 0 unspecified atom stereocenters. The molecule has 1 aromatic carbocycles. The maximum absolute atomic E-state index is 12.7. The Bertz CT molecular complexity index is 694. The van der Waals surface area contributed by atoms with E-state index in [-0.39, 0.29) is 18.4 Å². The molecular weight excluding hydrogens is 366 g/mol. The fourth-order valence-corrected chi connectivity index (χ4v) is 4.47. The fraction of sp³-hybridized carbons (Fsp3) is 0.652. The molecule has 6 nitrogen and oxygen atoms in total. The van der Waals surface area contributed by atoms with E-state index in [1.165, 1.54) is 18.4 Å². The highest BCUT2D eigenvalue weighted by molar-refractivity contribution is 5.85. The first-order valence-corrected chi connectivity index (χ1v) is 11.0. The number of hydrogen-bond donors (Lipinski definition) is 0. The van der Waals surface area contributed by atoms with Gasteiger partial charge < -0.3 is 19.4 Å². The topological polar surface area (TPSA) is 53.1 Å². The van der Waals surface area contributed by atoms with Crippen molar-refractivity contribution in [1.82, 2.24) is 14.7 Å². The van der Waals surface area contributed by atoms with Crippen molar-refractivity contribution in [3.05, 3.63) is 29.8 Å². The quantitative estimate of drug-likeness (QED) is 0.638. The summed E-state index contributed by atoms with van der Waals surface area (Å²) in [4.78, 5) is 30.7. The third-order valence-electron chi connectivity index (χ3n) is 6.16. The lowest BCUT2D eigenvalue weighted by atomic mass is 9.96. The maximum atomic E-state index is 12.7. The Morgan fingerprint density at radius 1 is 1.28 bits per heavy atom. The number of methoxy groups -OCH3 is 1. The van der Waals surface area contributed by atoms with E-state index in [4.69, 9.17) is 4.74 Å². The SMILES string of the molecule is CCN(C[C@H]1CCCN(CCc2cccc(OC)c2)C1)C(=O)CN1CCCC1=O. The summed E-state index contributed by atoms with van der Waals surface area (Å²) in [5.74, 6) is 1.63. The zero-order valence-corrected chi connectivity index (χ0v) is 17.9. The molecule has 0 aliphatic carbocycles. The number of likely N-dealkylation sites (N-methyl/N-ethyl adjacent to an activating group) is 1. The molecule has 2 amide bonds. The van der Waals surface area contributed by atoms with Crippen molar-refractivity contribution < 1.29 is 14.3 Å². The highest BCUT2D eigenvalue weighted by Crippen LogP contribution is 2.20. The molecule has 0 spiro atoms. The molecule has 0 bridgehead atoms. The predicted octanol–water partition coefficient (Wildman–Crippen LogP) is 2.42. The van der Waals surface area contributed by atoms with Crippen LogP contribution in [0, 0.1) is 5.92 Å². The smallest absolute Gasteiger partial charge is 0.242 e. The summed E-state index contributed by atoms with van der Waals surface area (Å²) in [6.45, 7) is 7.72. The average Bonchev–Trinajstić information content (AvgIpc) is 3.15. The van der Waals surface area contributed by atoms with Crippen LogP contribution in [0.25, 0.3) is 0 Å². The van der Waals surface area contributed by atoms with Crippen molar-refractivity contribution in [3.8, 4) is 5.75 Å². The van der Waals surface area contributed by atoms with Crippen molar-refractivity contribution >= 4 is 11.8 Å². The Morgan fingerprint density at radius 3 is 2.86 bits per heavy atom. The number of carbonyl (C=O) groups excluding carboxylic acids is 2. The van der Waals surface area contributed by atoms with Gasteiger partial charge in [0.05, 0.1) is 13.7 Å². The Hall–Kier alpha value is -2.08. The first-order chi connectivity index (χ1) is 14.1. The summed E-state index contributed by atoms with van der Waals surface area (Å²) < 4.78 is 5.32. The second kappa shape index (κ2) is 10.6. The number of nitrogens with zero attached hydrogens (tertiary/aromatic N) is 3. The van der Waals surface area contributed by atoms with E-state index in [2.05, 4.69) is 17.0 Å². The molecule has 29 heavy (non-hydrogen) atoms. The number of benzene rings is 1. The molecule has 0 saturated carbocycles. The molecule has 6 heteroatoms. The maximum Gasteiger partial charge on any atom is 0.242 e. The molecule has 0 radical (unpaired) electrons. The van der Waals surface area contributed by atoms with E-state index in [0.29, 0.717) is 18.9 Å². The third kappa shape index (κ3) is 6.20. The molecule has 3 rings (SSSR count). The summed E-state index contributed by atoms with van der Waals surface area (Å²) in [5.41, 5.74) is 1.30. The van der Waals surface area contributed by atoms with Gasteiger partial charge in [-0.3, -0.25) is 9.59 Å². The van der Waals surface area contributed by atoms with Crippen LogP contribution in [0.5, 0.6) is 5.75 Å². The summed E-state index contributed by atoms with van der Waals surface area (Å²) in [5, 5.41) is 0.